The lowest BCUT2D eigenvalue weighted by atomic mass is 10.3. The number of nitrogens with zero attached hydrogens (tertiary/aromatic N) is 2. The van der Waals surface area contributed by atoms with Gasteiger partial charge in [-0.2, -0.15) is 5.10 Å². The third kappa shape index (κ3) is 3.32. The van der Waals surface area contributed by atoms with E-state index >= 15 is 0 Å². The molecule has 4 heteroatoms. The van der Waals surface area contributed by atoms with Crippen LogP contribution in [0.1, 0.15) is 19.4 Å². The summed E-state index contributed by atoms with van der Waals surface area (Å²) in [5, 5.41) is 18.1. The minimum absolute atomic E-state index is 0.149. The van der Waals surface area contributed by atoms with Gasteiger partial charge in [-0.25, -0.2) is 0 Å². The van der Waals surface area contributed by atoms with Crippen LogP contribution >= 0.6 is 11.8 Å². The summed E-state index contributed by atoms with van der Waals surface area (Å²) in [5.74, 6) is 0. The van der Waals surface area contributed by atoms with Gasteiger partial charge in [0.15, 0.2) is 0 Å². The molecule has 0 radical (unpaired) electrons. The molecule has 2 unspecified atom stereocenters. The van der Waals surface area contributed by atoms with Crippen molar-refractivity contribution < 1.29 is 5.11 Å². The summed E-state index contributed by atoms with van der Waals surface area (Å²) in [6, 6.07) is 1.97. The van der Waals surface area contributed by atoms with Crippen molar-refractivity contribution in [2.45, 2.75) is 37.2 Å². The SMILES string of the molecule is Cc1cnnc(SC(C)C(C)O)c1. The number of hydrogen-bond acceptors (Lipinski definition) is 4. The fourth-order valence-electron chi connectivity index (χ4n) is 0.784. The number of aliphatic hydroxyl groups is 1. The molecule has 0 spiro atoms. The van der Waals surface area contributed by atoms with Gasteiger partial charge in [0, 0.05) is 5.25 Å². The van der Waals surface area contributed by atoms with E-state index in [1.807, 2.05) is 19.9 Å². The van der Waals surface area contributed by atoms with Gasteiger partial charge >= 0.3 is 0 Å². The Kier molecular flexibility index (Phi) is 3.69. The average molecular weight is 198 g/mol. The van der Waals surface area contributed by atoms with Gasteiger partial charge in [-0.3, -0.25) is 0 Å². The van der Waals surface area contributed by atoms with Crippen LogP contribution in [0.3, 0.4) is 0 Å². The number of aliphatic hydroxyl groups excluding tert-OH is 1. The Labute approximate surface area is 82.6 Å². The molecule has 3 nitrogen and oxygen atoms in total. The Morgan fingerprint density at radius 1 is 1.46 bits per heavy atom. The Morgan fingerprint density at radius 3 is 2.69 bits per heavy atom. The molecule has 0 aliphatic rings. The van der Waals surface area contributed by atoms with E-state index < -0.39 is 0 Å². The normalized spacial score (nSPS) is 15.4. The largest absolute Gasteiger partial charge is 0.392 e. The molecule has 13 heavy (non-hydrogen) atoms. The van der Waals surface area contributed by atoms with Gasteiger partial charge < -0.3 is 5.11 Å². The lowest BCUT2D eigenvalue weighted by molar-refractivity contribution is 0.196. The van der Waals surface area contributed by atoms with Crippen molar-refractivity contribution in [1.82, 2.24) is 10.2 Å². The minimum Gasteiger partial charge on any atom is -0.392 e. The monoisotopic (exact) mass is 198 g/mol. The minimum atomic E-state index is -0.327. The second kappa shape index (κ2) is 4.58. The first-order valence-corrected chi connectivity index (χ1v) is 5.11. The third-order valence-electron chi connectivity index (χ3n) is 1.75. The molecule has 0 amide bonds. The first-order chi connectivity index (χ1) is 6.09. The zero-order valence-electron chi connectivity index (χ0n) is 8.06. The highest BCUT2D eigenvalue weighted by Gasteiger charge is 2.11. The van der Waals surface area contributed by atoms with E-state index in [-0.39, 0.29) is 11.4 Å². The van der Waals surface area contributed by atoms with Crippen molar-refractivity contribution in [2.24, 2.45) is 0 Å². The molecule has 0 saturated heterocycles. The summed E-state index contributed by atoms with van der Waals surface area (Å²) in [7, 11) is 0. The molecule has 0 aromatic carbocycles. The van der Waals surface area contributed by atoms with Crippen LogP contribution in [0, 0.1) is 6.92 Å². The topological polar surface area (TPSA) is 46.0 Å². The molecular weight excluding hydrogens is 184 g/mol. The van der Waals surface area contributed by atoms with E-state index in [0.717, 1.165) is 10.6 Å². The third-order valence-corrected chi connectivity index (χ3v) is 2.96. The van der Waals surface area contributed by atoms with E-state index in [1.165, 1.54) is 0 Å². The lowest BCUT2D eigenvalue weighted by Crippen LogP contribution is -2.15. The van der Waals surface area contributed by atoms with Crippen LogP contribution in [-0.2, 0) is 0 Å². The van der Waals surface area contributed by atoms with Crippen molar-refractivity contribution >= 4 is 11.8 Å². The number of aryl methyl sites for hydroxylation is 1. The number of thioether (sulfide) groups is 1. The fraction of sp³-hybridized carbons (Fsp3) is 0.556. The molecule has 0 fully saturated rings. The highest BCUT2D eigenvalue weighted by atomic mass is 32.2. The molecule has 1 heterocycles. The zero-order chi connectivity index (χ0) is 9.84. The number of rotatable bonds is 3. The molecule has 1 aromatic rings. The van der Waals surface area contributed by atoms with Gasteiger partial charge in [-0.15, -0.1) is 5.10 Å². The smallest absolute Gasteiger partial charge is 0.119 e. The molecular formula is C9H14N2OS. The van der Waals surface area contributed by atoms with Gasteiger partial charge in [0.05, 0.1) is 12.3 Å². The van der Waals surface area contributed by atoms with Gasteiger partial charge in [0.1, 0.15) is 5.03 Å². The van der Waals surface area contributed by atoms with Crippen molar-refractivity contribution in [3.05, 3.63) is 17.8 Å². The second-order valence-electron chi connectivity index (χ2n) is 3.13. The fourth-order valence-corrected chi connectivity index (χ4v) is 1.71. The standard InChI is InChI=1S/C9H14N2OS/c1-6-4-9(11-10-5-6)13-8(3)7(2)12/h4-5,7-8,12H,1-3H3. The summed E-state index contributed by atoms with van der Waals surface area (Å²) in [6.45, 7) is 5.73. The summed E-state index contributed by atoms with van der Waals surface area (Å²) in [5.41, 5.74) is 1.09. The summed E-state index contributed by atoms with van der Waals surface area (Å²) in [6.07, 6.45) is 1.39. The Balaban J connectivity index is 2.64. The van der Waals surface area contributed by atoms with E-state index in [2.05, 4.69) is 10.2 Å². The molecule has 0 aliphatic heterocycles. The highest BCUT2D eigenvalue weighted by molar-refractivity contribution is 7.99. The summed E-state index contributed by atoms with van der Waals surface area (Å²) >= 11 is 1.54. The molecule has 2 atom stereocenters. The Hall–Kier alpha value is -0.610. The second-order valence-corrected chi connectivity index (χ2v) is 4.53. The zero-order valence-corrected chi connectivity index (χ0v) is 8.88. The van der Waals surface area contributed by atoms with Crippen LogP contribution < -0.4 is 0 Å². The number of hydrogen-bond donors (Lipinski definition) is 1. The lowest BCUT2D eigenvalue weighted by Gasteiger charge is -2.12. The van der Waals surface area contributed by atoms with Gasteiger partial charge in [-0.1, -0.05) is 18.7 Å². The van der Waals surface area contributed by atoms with Gasteiger partial charge in [0.2, 0.25) is 0 Å². The molecule has 1 aromatic heterocycles. The highest BCUT2D eigenvalue weighted by Crippen LogP contribution is 2.22. The quantitative estimate of drug-likeness (QED) is 0.750. The maximum absolute atomic E-state index is 9.28. The van der Waals surface area contributed by atoms with E-state index in [9.17, 15) is 5.11 Å². The predicted octanol–water partition coefficient (Wildman–Crippen LogP) is 1.65. The molecule has 1 N–H and O–H groups in total. The average Bonchev–Trinajstić information content (AvgIpc) is 2.04. The van der Waals surface area contributed by atoms with Crippen LogP contribution in [0.25, 0.3) is 0 Å². The summed E-state index contributed by atoms with van der Waals surface area (Å²) < 4.78 is 0. The predicted molar refractivity (Wildman–Crippen MR) is 53.8 cm³/mol. The van der Waals surface area contributed by atoms with Crippen LogP contribution in [0.2, 0.25) is 0 Å². The number of aromatic nitrogens is 2. The van der Waals surface area contributed by atoms with Crippen molar-refractivity contribution in [3.8, 4) is 0 Å². The molecule has 0 bridgehead atoms. The van der Waals surface area contributed by atoms with E-state index in [0.29, 0.717) is 0 Å². The molecule has 72 valence electrons. The van der Waals surface area contributed by atoms with Crippen LogP contribution in [0.15, 0.2) is 17.3 Å². The molecule has 1 rings (SSSR count). The van der Waals surface area contributed by atoms with E-state index in [4.69, 9.17) is 0 Å². The molecule has 0 aliphatic carbocycles. The van der Waals surface area contributed by atoms with Crippen LogP contribution in [0.4, 0.5) is 0 Å². The first kappa shape index (κ1) is 10.5. The van der Waals surface area contributed by atoms with Crippen molar-refractivity contribution in [1.29, 1.82) is 0 Å². The van der Waals surface area contributed by atoms with Gasteiger partial charge in [0.25, 0.3) is 0 Å². The Bertz CT molecular complexity index is 278. The van der Waals surface area contributed by atoms with Crippen molar-refractivity contribution in [2.75, 3.05) is 0 Å². The Morgan fingerprint density at radius 2 is 2.15 bits per heavy atom. The van der Waals surface area contributed by atoms with Crippen LogP contribution in [-0.4, -0.2) is 26.7 Å². The first-order valence-electron chi connectivity index (χ1n) is 4.23. The summed E-state index contributed by atoms with van der Waals surface area (Å²) in [4.78, 5) is 0. The molecule has 0 saturated carbocycles. The van der Waals surface area contributed by atoms with Crippen molar-refractivity contribution in [3.63, 3.8) is 0 Å². The van der Waals surface area contributed by atoms with Gasteiger partial charge in [-0.05, 0) is 25.5 Å². The maximum atomic E-state index is 9.28. The van der Waals surface area contributed by atoms with Crippen LogP contribution in [0.5, 0.6) is 0 Å². The maximum Gasteiger partial charge on any atom is 0.119 e. The van der Waals surface area contributed by atoms with E-state index in [1.54, 1.807) is 24.9 Å².